The van der Waals surface area contributed by atoms with Gasteiger partial charge in [0.1, 0.15) is 12.4 Å². The van der Waals surface area contributed by atoms with E-state index >= 15 is 0 Å². The van der Waals surface area contributed by atoms with Crippen LogP contribution in [0, 0.1) is 0 Å². The molecule has 3 heterocycles. The number of hydrogen-bond donors (Lipinski definition) is 1. The van der Waals surface area contributed by atoms with E-state index in [0.717, 1.165) is 10.4 Å². The van der Waals surface area contributed by atoms with Gasteiger partial charge in [-0.05, 0) is 17.5 Å². The number of carbonyl (C=O) groups is 2. The minimum Gasteiger partial charge on any atom is -0.453 e. The maximum absolute atomic E-state index is 12.2. The van der Waals surface area contributed by atoms with E-state index in [1.165, 1.54) is 17.6 Å². The van der Waals surface area contributed by atoms with Gasteiger partial charge in [0.05, 0.1) is 29.1 Å². The molecule has 1 aromatic carbocycles. The number of hydrogen-bond acceptors (Lipinski definition) is 6. The van der Waals surface area contributed by atoms with Gasteiger partial charge >= 0.3 is 5.97 Å². The molecule has 0 radical (unpaired) electrons. The Bertz CT molecular complexity index is 917. The lowest BCUT2D eigenvalue weighted by atomic mass is 10.0. The van der Waals surface area contributed by atoms with Gasteiger partial charge in [-0.3, -0.25) is 4.79 Å². The highest BCUT2D eigenvalue weighted by Crippen LogP contribution is 2.32. The van der Waals surface area contributed by atoms with Gasteiger partial charge in [0.2, 0.25) is 11.8 Å². The van der Waals surface area contributed by atoms with Crippen LogP contribution in [0.15, 0.2) is 52.5 Å². The summed E-state index contributed by atoms with van der Waals surface area (Å²) in [5, 5.41) is 4.73. The first-order valence-electron chi connectivity index (χ1n) is 7.75. The van der Waals surface area contributed by atoms with Crippen molar-refractivity contribution >= 4 is 23.2 Å². The average Bonchev–Trinajstić information content (AvgIpc) is 3.34. The molecule has 0 spiro atoms. The first-order chi connectivity index (χ1) is 12.2. The number of amides is 1. The number of esters is 1. The van der Waals surface area contributed by atoms with Crippen molar-refractivity contribution in [1.29, 1.82) is 0 Å². The highest BCUT2D eigenvalue weighted by Gasteiger charge is 2.31. The van der Waals surface area contributed by atoms with E-state index in [0.29, 0.717) is 17.1 Å². The van der Waals surface area contributed by atoms with Crippen molar-refractivity contribution in [3.63, 3.8) is 0 Å². The molecule has 25 heavy (non-hydrogen) atoms. The maximum atomic E-state index is 12.2. The van der Waals surface area contributed by atoms with Crippen molar-refractivity contribution in [3.05, 3.63) is 64.9 Å². The van der Waals surface area contributed by atoms with Crippen LogP contribution in [0.4, 0.5) is 0 Å². The van der Waals surface area contributed by atoms with Crippen LogP contribution in [0.3, 0.4) is 0 Å². The summed E-state index contributed by atoms with van der Waals surface area (Å²) < 4.78 is 10.7. The number of nitrogens with zero attached hydrogens (tertiary/aromatic N) is 1. The number of benzene rings is 1. The molecule has 1 aliphatic rings. The third-order valence-corrected chi connectivity index (χ3v) is 4.76. The van der Waals surface area contributed by atoms with Crippen molar-refractivity contribution in [3.8, 4) is 10.8 Å². The topological polar surface area (TPSA) is 81.4 Å². The molecule has 7 heteroatoms. The summed E-state index contributed by atoms with van der Waals surface area (Å²) >= 11 is 1.54. The molecule has 1 amide bonds. The Morgan fingerprint density at radius 2 is 2.12 bits per heavy atom. The molecule has 1 N–H and O–H groups in total. The Kier molecular flexibility index (Phi) is 4.07. The van der Waals surface area contributed by atoms with E-state index in [1.807, 2.05) is 29.6 Å². The molecular formula is C18H14N2O4S. The predicted octanol–water partition coefficient (Wildman–Crippen LogP) is 3.32. The fraction of sp³-hybridized carbons (Fsp3) is 0.167. The number of carbonyl (C=O) groups excluding carboxylic acids is 2. The van der Waals surface area contributed by atoms with Crippen molar-refractivity contribution in [2.45, 2.75) is 19.1 Å². The summed E-state index contributed by atoms with van der Waals surface area (Å²) in [6.07, 6.45) is 1.07. The zero-order chi connectivity index (χ0) is 17.2. The normalized spacial score (nSPS) is 15.7. The van der Waals surface area contributed by atoms with Crippen molar-refractivity contribution in [2.75, 3.05) is 0 Å². The minimum atomic E-state index is -0.539. The standard InChI is InChI=1S/C18H14N2O4S/c21-16(8-14-12-4-1-2-5-13(12)18(22)24-14)19-9-11-10-23-17(20-11)15-6-3-7-25-15/h1-7,10,14H,8-9H2,(H,19,21). The highest BCUT2D eigenvalue weighted by atomic mass is 32.1. The first-order valence-corrected chi connectivity index (χ1v) is 8.63. The molecule has 6 nitrogen and oxygen atoms in total. The predicted molar refractivity (Wildman–Crippen MR) is 90.9 cm³/mol. The van der Waals surface area contributed by atoms with Gasteiger partial charge in [0.25, 0.3) is 0 Å². The Hall–Kier alpha value is -2.93. The summed E-state index contributed by atoms with van der Waals surface area (Å²) in [4.78, 5) is 29.2. The Morgan fingerprint density at radius 1 is 1.24 bits per heavy atom. The molecule has 1 aliphatic heterocycles. The van der Waals surface area contributed by atoms with Crippen molar-refractivity contribution in [1.82, 2.24) is 10.3 Å². The first kappa shape index (κ1) is 15.6. The molecule has 126 valence electrons. The second-order valence-corrected chi connectivity index (χ2v) is 6.53. The number of oxazole rings is 1. The SMILES string of the molecule is O=C(CC1OC(=O)c2ccccc21)NCc1coc(-c2cccs2)n1. The largest absolute Gasteiger partial charge is 0.453 e. The average molecular weight is 354 g/mol. The van der Waals surface area contributed by atoms with Crippen LogP contribution in [-0.4, -0.2) is 16.9 Å². The van der Waals surface area contributed by atoms with Gasteiger partial charge in [0.15, 0.2) is 0 Å². The number of rotatable bonds is 5. The van der Waals surface area contributed by atoms with Gasteiger partial charge in [-0.15, -0.1) is 11.3 Å². The van der Waals surface area contributed by atoms with Gasteiger partial charge in [-0.1, -0.05) is 24.3 Å². The minimum absolute atomic E-state index is 0.0817. The van der Waals surface area contributed by atoms with Crippen LogP contribution in [0.2, 0.25) is 0 Å². The van der Waals surface area contributed by atoms with Crippen LogP contribution >= 0.6 is 11.3 Å². The lowest BCUT2D eigenvalue weighted by Crippen LogP contribution is -2.24. The quantitative estimate of drug-likeness (QED) is 0.711. The van der Waals surface area contributed by atoms with Crippen molar-refractivity contribution < 1.29 is 18.7 Å². The Labute approximate surface area is 147 Å². The molecule has 3 aromatic rings. The number of fused-ring (bicyclic) bond motifs is 1. The summed E-state index contributed by atoms with van der Waals surface area (Å²) in [7, 11) is 0. The number of ether oxygens (including phenoxy) is 1. The highest BCUT2D eigenvalue weighted by molar-refractivity contribution is 7.13. The van der Waals surface area contributed by atoms with Crippen LogP contribution in [0.5, 0.6) is 0 Å². The number of thiophene rings is 1. The molecule has 1 atom stereocenters. The van der Waals surface area contributed by atoms with E-state index in [9.17, 15) is 9.59 Å². The van der Waals surface area contributed by atoms with Crippen LogP contribution in [0.25, 0.3) is 10.8 Å². The second kappa shape index (κ2) is 6.52. The molecule has 0 saturated heterocycles. The van der Waals surface area contributed by atoms with E-state index in [-0.39, 0.29) is 24.8 Å². The van der Waals surface area contributed by atoms with Gasteiger partial charge in [-0.2, -0.15) is 0 Å². The lowest BCUT2D eigenvalue weighted by Gasteiger charge is -2.10. The molecule has 0 fully saturated rings. The fourth-order valence-corrected chi connectivity index (χ4v) is 3.36. The lowest BCUT2D eigenvalue weighted by molar-refractivity contribution is -0.123. The third kappa shape index (κ3) is 3.18. The van der Waals surface area contributed by atoms with Crippen LogP contribution in [0.1, 0.15) is 34.1 Å². The van der Waals surface area contributed by atoms with Gasteiger partial charge in [0, 0.05) is 5.56 Å². The molecule has 1 unspecified atom stereocenters. The maximum Gasteiger partial charge on any atom is 0.339 e. The Balaban J connectivity index is 1.35. The molecular weight excluding hydrogens is 340 g/mol. The molecule has 4 rings (SSSR count). The van der Waals surface area contributed by atoms with Crippen molar-refractivity contribution in [2.24, 2.45) is 0 Å². The Morgan fingerprint density at radius 3 is 2.96 bits per heavy atom. The fourth-order valence-electron chi connectivity index (χ4n) is 2.70. The van der Waals surface area contributed by atoms with Crippen LogP contribution < -0.4 is 5.32 Å². The van der Waals surface area contributed by atoms with E-state index < -0.39 is 6.10 Å². The van der Waals surface area contributed by atoms with Gasteiger partial charge in [-0.25, -0.2) is 9.78 Å². The smallest absolute Gasteiger partial charge is 0.339 e. The molecule has 2 aromatic heterocycles. The van der Waals surface area contributed by atoms with E-state index in [2.05, 4.69) is 10.3 Å². The zero-order valence-corrected chi connectivity index (χ0v) is 13.9. The molecule has 0 bridgehead atoms. The van der Waals surface area contributed by atoms with Gasteiger partial charge < -0.3 is 14.5 Å². The van der Waals surface area contributed by atoms with Crippen LogP contribution in [-0.2, 0) is 16.1 Å². The molecule has 0 aliphatic carbocycles. The van der Waals surface area contributed by atoms with E-state index in [4.69, 9.17) is 9.15 Å². The second-order valence-electron chi connectivity index (χ2n) is 5.58. The number of cyclic esters (lactones) is 1. The summed E-state index contributed by atoms with van der Waals surface area (Å²) in [5.41, 5.74) is 1.92. The summed E-state index contributed by atoms with van der Waals surface area (Å²) in [5.74, 6) is -0.0569. The molecule has 0 saturated carbocycles. The summed E-state index contributed by atoms with van der Waals surface area (Å²) in [6, 6.07) is 11.0. The summed E-state index contributed by atoms with van der Waals surface area (Å²) in [6.45, 7) is 0.260. The number of aromatic nitrogens is 1. The van der Waals surface area contributed by atoms with E-state index in [1.54, 1.807) is 12.1 Å². The third-order valence-electron chi connectivity index (χ3n) is 3.90. The number of nitrogens with one attached hydrogen (secondary N) is 1. The zero-order valence-electron chi connectivity index (χ0n) is 13.1. The monoisotopic (exact) mass is 354 g/mol.